The molecule has 16 heavy (non-hydrogen) atoms. The summed E-state index contributed by atoms with van der Waals surface area (Å²) in [6, 6.07) is 0. The summed E-state index contributed by atoms with van der Waals surface area (Å²) in [4.78, 5) is 11.2. The lowest BCUT2D eigenvalue weighted by atomic mass is 10.1. The Morgan fingerprint density at radius 3 is 2.56 bits per heavy atom. The van der Waals surface area contributed by atoms with Gasteiger partial charge in [0.25, 0.3) is 0 Å². The number of carbonyl (C=O) groups is 1. The highest BCUT2D eigenvalue weighted by Crippen LogP contribution is 2.49. The first-order valence-corrected chi connectivity index (χ1v) is 7.52. The standard InChI is InChI=1S/C12H22O3S/c1-3-4-5-8-16(14)10-12(6-7-12)9-11(13)15-2/h3-10H2,1-2H3. The molecule has 0 saturated heterocycles. The summed E-state index contributed by atoms with van der Waals surface area (Å²) < 4.78 is 16.5. The van der Waals surface area contributed by atoms with Gasteiger partial charge < -0.3 is 4.74 Å². The molecule has 1 unspecified atom stereocenters. The van der Waals surface area contributed by atoms with Crippen molar-refractivity contribution in [3.05, 3.63) is 0 Å². The van der Waals surface area contributed by atoms with E-state index in [1.807, 2.05) is 0 Å². The molecule has 0 aliphatic heterocycles. The molecule has 0 aromatic heterocycles. The Labute approximate surface area is 100 Å². The lowest BCUT2D eigenvalue weighted by molar-refractivity contribution is -0.141. The van der Waals surface area contributed by atoms with Gasteiger partial charge in [-0.1, -0.05) is 19.8 Å². The maximum atomic E-state index is 11.8. The molecule has 0 bridgehead atoms. The van der Waals surface area contributed by atoms with Gasteiger partial charge in [-0.2, -0.15) is 0 Å². The van der Waals surface area contributed by atoms with Gasteiger partial charge in [0.2, 0.25) is 0 Å². The predicted molar refractivity (Wildman–Crippen MR) is 65.7 cm³/mol. The summed E-state index contributed by atoms with van der Waals surface area (Å²) in [5.41, 5.74) is 0.0180. The van der Waals surface area contributed by atoms with Crippen LogP contribution in [0.4, 0.5) is 0 Å². The first-order chi connectivity index (χ1) is 7.62. The fourth-order valence-corrected chi connectivity index (χ4v) is 3.60. The minimum atomic E-state index is -0.755. The molecule has 0 amide bonds. The molecule has 0 heterocycles. The molecule has 0 radical (unpaired) electrons. The molecular formula is C12H22O3S. The van der Waals surface area contributed by atoms with Crippen molar-refractivity contribution in [1.82, 2.24) is 0 Å². The molecule has 0 aromatic rings. The molecule has 3 nitrogen and oxygen atoms in total. The van der Waals surface area contributed by atoms with Crippen LogP contribution in [-0.2, 0) is 20.3 Å². The van der Waals surface area contributed by atoms with Crippen LogP contribution in [0.2, 0.25) is 0 Å². The van der Waals surface area contributed by atoms with E-state index in [0.29, 0.717) is 12.2 Å². The van der Waals surface area contributed by atoms with Crippen LogP contribution in [0.25, 0.3) is 0 Å². The van der Waals surface area contributed by atoms with Gasteiger partial charge in [-0.25, -0.2) is 0 Å². The molecule has 4 heteroatoms. The van der Waals surface area contributed by atoms with Crippen LogP contribution < -0.4 is 0 Å². The molecule has 94 valence electrons. The third-order valence-electron chi connectivity index (χ3n) is 3.15. The smallest absolute Gasteiger partial charge is 0.306 e. The van der Waals surface area contributed by atoms with Crippen molar-refractivity contribution in [2.75, 3.05) is 18.6 Å². The minimum absolute atomic E-state index is 0.0180. The predicted octanol–water partition coefficient (Wildman–Crippen LogP) is 2.27. The maximum absolute atomic E-state index is 11.8. The summed E-state index contributed by atoms with van der Waals surface area (Å²) in [5.74, 6) is 1.31. The van der Waals surface area contributed by atoms with Gasteiger partial charge >= 0.3 is 5.97 Å². The van der Waals surface area contributed by atoms with Gasteiger partial charge in [-0.3, -0.25) is 9.00 Å². The van der Waals surface area contributed by atoms with E-state index in [9.17, 15) is 9.00 Å². The molecule has 1 fully saturated rings. The number of hydrogen-bond acceptors (Lipinski definition) is 3. The van der Waals surface area contributed by atoms with Crippen molar-refractivity contribution < 1.29 is 13.7 Å². The molecule has 0 aromatic carbocycles. The molecule has 0 spiro atoms. The summed E-state index contributed by atoms with van der Waals surface area (Å²) in [7, 11) is 0.659. The van der Waals surface area contributed by atoms with Crippen molar-refractivity contribution in [2.24, 2.45) is 5.41 Å². The number of methoxy groups -OCH3 is 1. The average molecular weight is 246 g/mol. The second-order valence-corrected chi connectivity index (χ2v) is 6.32. The van der Waals surface area contributed by atoms with Gasteiger partial charge in [0.1, 0.15) is 0 Å². The van der Waals surface area contributed by atoms with Crippen LogP contribution in [0.3, 0.4) is 0 Å². The second-order valence-electron chi connectivity index (χ2n) is 4.75. The Bertz CT molecular complexity index is 259. The highest BCUT2D eigenvalue weighted by Gasteiger charge is 2.45. The maximum Gasteiger partial charge on any atom is 0.306 e. The monoisotopic (exact) mass is 246 g/mol. The van der Waals surface area contributed by atoms with Crippen molar-refractivity contribution in [3.63, 3.8) is 0 Å². The molecular weight excluding hydrogens is 224 g/mol. The first-order valence-electron chi connectivity index (χ1n) is 6.04. The zero-order valence-corrected chi connectivity index (χ0v) is 11.1. The Kier molecular flexibility index (Phi) is 5.46. The van der Waals surface area contributed by atoms with Crippen LogP contribution in [-0.4, -0.2) is 28.8 Å². The first kappa shape index (κ1) is 13.7. The van der Waals surface area contributed by atoms with Gasteiger partial charge in [0, 0.05) is 22.3 Å². The van der Waals surface area contributed by atoms with E-state index in [0.717, 1.165) is 37.9 Å². The normalized spacial score (nSPS) is 19.1. The van der Waals surface area contributed by atoms with E-state index in [-0.39, 0.29) is 11.4 Å². The third-order valence-corrected chi connectivity index (χ3v) is 4.83. The summed E-state index contributed by atoms with van der Waals surface area (Å²) in [6.07, 6.45) is 5.85. The summed E-state index contributed by atoms with van der Waals surface area (Å²) >= 11 is 0. The third kappa shape index (κ3) is 4.64. The van der Waals surface area contributed by atoms with E-state index in [1.165, 1.54) is 7.11 Å². The summed E-state index contributed by atoms with van der Waals surface area (Å²) in [5, 5.41) is 0. The van der Waals surface area contributed by atoms with E-state index >= 15 is 0 Å². The fourth-order valence-electron chi connectivity index (χ4n) is 1.85. The Balaban J connectivity index is 2.25. The van der Waals surface area contributed by atoms with Crippen LogP contribution in [0.15, 0.2) is 0 Å². The lowest BCUT2D eigenvalue weighted by Crippen LogP contribution is -2.19. The van der Waals surface area contributed by atoms with Crippen LogP contribution in [0, 0.1) is 5.41 Å². The van der Waals surface area contributed by atoms with E-state index < -0.39 is 10.8 Å². The van der Waals surface area contributed by atoms with E-state index in [1.54, 1.807) is 0 Å². The lowest BCUT2D eigenvalue weighted by Gasteiger charge is -2.12. The molecule has 1 rings (SSSR count). The van der Waals surface area contributed by atoms with Crippen molar-refractivity contribution in [3.8, 4) is 0 Å². The number of hydrogen-bond donors (Lipinski definition) is 0. The average Bonchev–Trinajstić information content (AvgIpc) is 2.98. The number of esters is 1. The number of carbonyl (C=O) groups excluding carboxylic acids is 1. The molecule has 0 N–H and O–H groups in total. The number of unbranched alkanes of at least 4 members (excludes halogenated alkanes) is 2. The van der Waals surface area contributed by atoms with Crippen LogP contribution >= 0.6 is 0 Å². The van der Waals surface area contributed by atoms with Crippen molar-refractivity contribution in [2.45, 2.75) is 45.4 Å². The van der Waals surface area contributed by atoms with Crippen LogP contribution in [0.5, 0.6) is 0 Å². The number of ether oxygens (including phenoxy) is 1. The second kappa shape index (κ2) is 6.38. The van der Waals surface area contributed by atoms with Crippen LogP contribution in [0.1, 0.15) is 45.4 Å². The van der Waals surface area contributed by atoms with Gasteiger partial charge in [-0.15, -0.1) is 0 Å². The fraction of sp³-hybridized carbons (Fsp3) is 0.917. The zero-order valence-electron chi connectivity index (χ0n) is 10.3. The van der Waals surface area contributed by atoms with Crippen molar-refractivity contribution >= 4 is 16.8 Å². The van der Waals surface area contributed by atoms with Gasteiger partial charge in [0.05, 0.1) is 13.5 Å². The zero-order chi connectivity index (χ0) is 12.0. The SMILES string of the molecule is CCCCCS(=O)CC1(CC(=O)OC)CC1. The Morgan fingerprint density at radius 2 is 2.06 bits per heavy atom. The molecule has 1 saturated carbocycles. The van der Waals surface area contributed by atoms with Gasteiger partial charge in [-0.05, 0) is 24.7 Å². The summed E-state index contributed by atoms with van der Waals surface area (Å²) in [6.45, 7) is 2.14. The minimum Gasteiger partial charge on any atom is -0.469 e. The molecule has 1 aliphatic carbocycles. The van der Waals surface area contributed by atoms with E-state index in [2.05, 4.69) is 11.7 Å². The highest BCUT2D eigenvalue weighted by atomic mass is 32.2. The van der Waals surface area contributed by atoms with E-state index in [4.69, 9.17) is 0 Å². The molecule has 1 atom stereocenters. The molecule has 1 aliphatic rings. The highest BCUT2D eigenvalue weighted by molar-refractivity contribution is 7.85. The number of rotatable bonds is 8. The topological polar surface area (TPSA) is 43.4 Å². The van der Waals surface area contributed by atoms with Gasteiger partial charge in [0.15, 0.2) is 0 Å². The Hall–Kier alpha value is -0.380. The Morgan fingerprint density at radius 1 is 1.38 bits per heavy atom. The quantitative estimate of drug-likeness (QED) is 0.487. The van der Waals surface area contributed by atoms with Crippen molar-refractivity contribution in [1.29, 1.82) is 0 Å². The largest absolute Gasteiger partial charge is 0.469 e.